The molecule has 1 N–H and O–H groups in total. The van der Waals surface area contributed by atoms with E-state index in [1.54, 1.807) is 6.07 Å². The fraction of sp³-hybridized carbons (Fsp3) is 0.474. The molecule has 1 fully saturated rings. The number of hydrogen-bond acceptors (Lipinski definition) is 4. The minimum Gasteiger partial charge on any atom is -0.373 e. The number of piperazine rings is 1. The second-order valence-electron chi connectivity index (χ2n) is 6.34. The number of unbranched alkanes of at least 4 members (excludes halogenated alkanes) is 1. The van der Waals surface area contributed by atoms with E-state index < -0.39 is 17.6 Å². The summed E-state index contributed by atoms with van der Waals surface area (Å²) in [6.45, 7) is 4.59. The van der Waals surface area contributed by atoms with Crippen LogP contribution in [0.5, 0.6) is 0 Å². The van der Waals surface area contributed by atoms with Gasteiger partial charge in [0.2, 0.25) is 0 Å². The molecule has 5 nitrogen and oxygen atoms in total. The molecule has 1 aromatic rings. The molecule has 0 aromatic heterocycles. The minimum absolute atomic E-state index is 0.0404. The molecular weight excluding hydrogens is 357 g/mol. The molecule has 0 atom stereocenters. The van der Waals surface area contributed by atoms with E-state index in [2.05, 4.69) is 5.32 Å². The van der Waals surface area contributed by atoms with Gasteiger partial charge in [0, 0.05) is 44.6 Å². The highest BCUT2D eigenvalue weighted by Gasteiger charge is 2.31. The normalized spacial score (nSPS) is 15.4. The monoisotopic (exact) mass is 380 g/mol. The Hall–Kier alpha value is -2.69. The second kappa shape index (κ2) is 9.31. The predicted molar refractivity (Wildman–Crippen MR) is 96.8 cm³/mol. The number of nitrogens with one attached hydrogen (secondary N) is 1. The van der Waals surface area contributed by atoms with E-state index in [-0.39, 0.29) is 5.57 Å². The van der Waals surface area contributed by atoms with E-state index in [1.165, 1.54) is 12.3 Å². The molecule has 8 heteroatoms. The van der Waals surface area contributed by atoms with E-state index in [9.17, 15) is 23.2 Å². The Labute approximate surface area is 157 Å². The van der Waals surface area contributed by atoms with Crippen molar-refractivity contribution in [1.29, 1.82) is 5.26 Å². The van der Waals surface area contributed by atoms with Gasteiger partial charge < -0.3 is 15.1 Å². The van der Waals surface area contributed by atoms with Gasteiger partial charge in [0.05, 0.1) is 5.56 Å². The van der Waals surface area contributed by atoms with Crippen molar-refractivity contribution in [1.82, 2.24) is 10.2 Å². The SMILES string of the molecule is CCCCNC(=O)/C(C#N)=C\N1CCN(c2cccc(C(F)(F)F)c2)CC1. The second-order valence-corrected chi connectivity index (χ2v) is 6.34. The van der Waals surface area contributed by atoms with Crippen LogP contribution in [0.4, 0.5) is 18.9 Å². The molecule has 0 spiro atoms. The average molecular weight is 380 g/mol. The number of rotatable bonds is 6. The van der Waals surface area contributed by atoms with E-state index in [4.69, 9.17) is 0 Å². The lowest BCUT2D eigenvalue weighted by atomic mass is 10.1. The molecule has 1 aliphatic rings. The van der Waals surface area contributed by atoms with Crippen LogP contribution in [0.15, 0.2) is 36.0 Å². The number of carbonyl (C=O) groups is 1. The number of carbonyl (C=O) groups excluding carboxylic acids is 1. The van der Waals surface area contributed by atoms with Gasteiger partial charge in [-0.1, -0.05) is 19.4 Å². The quantitative estimate of drug-likeness (QED) is 0.468. The van der Waals surface area contributed by atoms with Gasteiger partial charge in [-0.15, -0.1) is 0 Å². The van der Waals surface area contributed by atoms with Crippen molar-refractivity contribution in [3.63, 3.8) is 0 Å². The number of amides is 1. The van der Waals surface area contributed by atoms with E-state index in [0.717, 1.165) is 25.0 Å². The molecule has 146 valence electrons. The van der Waals surface area contributed by atoms with Crippen LogP contribution in [0.25, 0.3) is 0 Å². The van der Waals surface area contributed by atoms with Crippen LogP contribution in [0.3, 0.4) is 0 Å². The van der Waals surface area contributed by atoms with Crippen LogP contribution in [-0.2, 0) is 11.0 Å². The van der Waals surface area contributed by atoms with Crippen molar-refractivity contribution in [2.24, 2.45) is 0 Å². The summed E-state index contributed by atoms with van der Waals surface area (Å²) in [6.07, 6.45) is -1.04. The molecule has 2 rings (SSSR count). The molecule has 1 aliphatic heterocycles. The fourth-order valence-corrected chi connectivity index (χ4v) is 2.78. The molecule has 1 saturated heterocycles. The molecule has 0 radical (unpaired) electrons. The van der Waals surface area contributed by atoms with E-state index >= 15 is 0 Å². The highest BCUT2D eigenvalue weighted by atomic mass is 19.4. The average Bonchev–Trinajstić information content (AvgIpc) is 2.66. The first kappa shape index (κ1) is 20.6. The Morgan fingerprint density at radius 2 is 2.00 bits per heavy atom. The molecule has 1 heterocycles. The summed E-state index contributed by atoms with van der Waals surface area (Å²) in [7, 11) is 0. The van der Waals surface area contributed by atoms with Crippen molar-refractivity contribution in [3.8, 4) is 6.07 Å². The molecule has 0 saturated carbocycles. The Bertz CT molecular complexity index is 716. The van der Waals surface area contributed by atoms with E-state index in [0.29, 0.717) is 38.4 Å². The lowest BCUT2D eigenvalue weighted by Crippen LogP contribution is -2.44. The number of alkyl halides is 3. The van der Waals surface area contributed by atoms with Gasteiger partial charge >= 0.3 is 6.18 Å². The molecule has 1 amide bonds. The largest absolute Gasteiger partial charge is 0.416 e. The van der Waals surface area contributed by atoms with Crippen molar-refractivity contribution >= 4 is 11.6 Å². The number of anilines is 1. The maximum Gasteiger partial charge on any atom is 0.416 e. The first-order valence-electron chi connectivity index (χ1n) is 8.91. The summed E-state index contributed by atoms with van der Waals surface area (Å²) in [5.74, 6) is -0.397. The summed E-state index contributed by atoms with van der Waals surface area (Å²) < 4.78 is 38.6. The summed E-state index contributed by atoms with van der Waals surface area (Å²) in [4.78, 5) is 15.7. The van der Waals surface area contributed by atoms with Gasteiger partial charge in [0.25, 0.3) is 5.91 Å². The van der Waals surface area contributed by atoms with Crippen molar-refractivity contribution in [3.05, 3.63) is 41.6 Å². The van der Waals surface area contributed by atoms with Crippen molar-refractivity contribution in [2.45, 2.75) is 25.9 Å². The Morgan fingerprint density at radius 3 is 2.59 bits per heavy atom. The summed E-state index contributed by atoms with van der Waals surface area (Å²) in [6, 6.07) is 7.17. The maximum absolute atomic E-state index is 12.9. The van der Waals surface area contributed by atoms with Gasteiger partial charge in [-0.2, -0.15) is 18.4 Å². The third-order valence-electron chi connectivity index (χ3n) is 4.35. The minimum atomic E-state index is -4.37. The molecule has 0 bridgehead atoms. The third kappa shape index (κ3) is 5.91. The fourth-order valence-electron chi connectivity index (χ4n) is 2.78. The van der Waals surface area contributed by atoms with Gasteiger partial charge in [-0.25, -0.2) is 0 Å². The zero-order chi connectivity index (χ0) is 19.9. The maximum atomic E-state index is 12.9. The Balaban J connectivity index is 1.96. The zero-order valence-corrected chi connectivity index (χ0v) is 15.2. The highest BCUT2D eigenvalue weighted by Crippen LogP contribution is 2.31. The van der Waals surface area contributed by atoms with Crippen LogP contribution in [-0.4, -0.2) is 43.5 Å². The van der Waals surface area contributed by atoms with Crippen molar-refractivity contribution in [2.75, 3.05) is 37.6 Å². The van der Waals surface area contributed by atoms with Gasteiger partial charge in [0.15, 0.2) is 0 Å². The third-order valence-corrected chi connectivity index (χ3v) is 4.35. The standard InChI is InChI=1S/C19H23F3N4O/c1-2-3-7-24-18(27)15(13-23)14-25-8-10-26(11-9-25)17-6-4-5-16(12-17)19(20,21)22/h4-6,12,14H,2-3,7-11H2,1H3,(H,24,27)/b15-14-. The Kier molecular flexibility index (Phi) is 7.11. The number of halogens is 3. The number of nitriles is 1. The predicted octanol–water partition coefficient (Wildman–Crippen LogP) is 3.15. The smallest absolute Gasteiger partial charge is 0.373 e. The first-order valence-corrected chi connectivity index (χ1v) is 8.91. The number of benzene rings is 1. The topological polar surface area (TPSA) is 59.4 Å². The summed E-state index contributed by atoms with van der Waals surface area (Å²) in [5, 5.41) is 11.9. The van der Waals surface area contributed by atoms with E-state index in [1.807, 2.05) is 22.8 Å². The number of nitrogens with zero attached hydrogens (tertiary/aromatic N) is 3. The first-order chi connectivity index (χ1) is 12.8. The van der Waals surface area contributed by atoms with Crippen LogP contribution in [0.1, 0.15) is 25.3 Å². The van der Waals surface area contributed by atoms with Gasteiger partial charge in [0.1, 0.15) is 11.6 Å². The highest BCUT2D eigenvalue weighted by molar-refractivity contribution is 5.97. The Morgan fingerprint density at radius 1 is 1.30 bits per heavy atom. The van der Waals surface area contributed by atoms with Crippen LogP contribution in [0, 0.1) is 11.3 Å². The molecule has 27 heavy (non-hydrogen) atoms. The van der Waals surface area contributed by atoms with Crippen LogP contribution >= 0.6 is 0 Å². The summed E-state index contributed by atoms with van der Waals surface area (Å²) >= 11 is 0. The van der Waals surface area contributed by atoms with Gasteiger partial charge in [-0.3, -0.25) is 4.79 Å². The van der Waals surface area contributed by atoms with Gasteiger partial charge in [-0.05, 0) is 24.6 Å². The van der Waals surface area contributed by atoms with Crippen LogP contribution < -0.4 is 10.2 Å². The lowest BCUT2D eigenvalue weighted by molar-refractivity contribution is -0.137. The van der Waals surface area contributed by atoms with Crippen molar-refractivity contribution < 1.29 is 18.0 Å². The van der Waals surface area contributed by atoms with Crippen LogP contribution in [0.2, 0.25) is 0 Å². The molecule has 1 aromatic carbocycles. The molecule has 0 aliphatic carbocycles. The lowest BCUT2D eigenvalue weighted by Gasteiger charge is -2.35. The summed E-state index contributed by atoms with van der Waals surface area (Å²) in [5.41, 5.74) is -0.109. The molecular formula is C19H23F3N4O. The number of hydrogen-bond donors (Lipinski definition) is 1. The zero-order valence-electron chi connectivity index (χ0n) is 15.2. The molecule has 0 unspecified atom stereocenters.